The smallest absolute Gasteiger partial charge is 0.288 e. The van der Waals surface area contributed by atoms with Gasteiger partial charge in [0.25, 0.3) is 13.2 Å². The Hall–Kier alpha value is -7.21. The molecule has 0 amide bonds. The van der Waals surface area contributed by atoms with Crippen molar-refractivity contribution in [1.82, 2.24) is 14.1 Å². The summed E-state index contributed by atoms with van der Waals surface area (Å²) in [6.07, 6.45) is 10.4. The van der Waals surface area contributed by atoms with E-state index < -0.39 is 0 Å². The Morgan fingerprint density at radius 3 is 1.93 bits per heavy atom. The van der Waals surface area contributed by atoms with E-state index in [1.54, 1.807) is 0 Å². The predicted octanol–water partition coefficient (Wildman–Crippen LogP) is 14.6. The van der Waals surface area contributed by atoms with Crippen molar-refractivity contribution < 1.29 is 30.4 Å². The number of pyridine rings is 1. The Morgan fingerprint density at radius 2 is 1.27 bits per heavy atom. The molecule has 0 unspecified atom stereocenters. The van der Waals surface area contributed by atoms with Crippen LogP contribution in [0.1, 0.15) is 82.7 Å². The van der Waals surface area contributed by atoms with Crippen LogP contribution in [0.4, 0.5) is 5.69 Å². The monoisotopic (exact) mass is 1100 g/mol. The van der Waals surface area contributed by atoms with Crippen LogP contribution in [0.2, 0.25) is 6.82 Å². The van der Waals surface area contributed by atoms with Gasteiger partial charge in [-0.25, -0.2) is 4.98 Å². The molecular formula is C63H56BN5OPt-2. The molecule has 10 aromatic rings. The first kappa shape index (κ1) is 47.5. The number of anilines is 1. The van der Waals surface area contributed by atoms with Crippen LogP contribution in [0, 0.1) is 18.5 Å². The number of ether oxygens (including phenoxy) is 1. The second-order valence-corrected chi connectivity index (χ2v) is 20.1. The average Bonchev–Trinajstić information content (AvgIpc) is 3.93. The summed E-state index contributed by atoms with van der Waals surface area (Å²) in [4.78, 5) is 7.37. The number of aromatic nitrogens is 4. The van der Waals surface area contributed by atoms with Gasteiger partial charge in [0.15, 0.2) is 0 Å². The summed E-state index contributed by atoms with van der Waals surface area (Å²) in [5.74, 6) is 2.67. The zero-order valence-corrected chi connectivity index (χ0v) is 43.8. The van der Waals surface area contributed by atoms with E-state index in [1.807, 2.05) is 24.4 Å². The molecule has 3 aromatic heterocycles. The Kier molecular flexibility index (Phi) is 12.8. The molecule has 6 nitrogen and oxygen atoms in total. The minimum absolute atomic E-state index is 0. The first-order valence-corrected chi connectivity index (χ1v) is 24.5. The fourth-order valence-electron chi connectivity index (χ4n) is 10.3. The van der Waals surface area contributed by atoms with Gasteiger partial charge in [0.2, 0.25) is 0 Å². The van der Waals surface area contributed by atoms with E-state index in [4.69, 9.17) is 9.72 Å². The quantitative estimate of drug-likeness (QED) is 0.0778. The van der Waals surface area contributed by atoms with Crippen LogP contribution in [0.5, 0.6) is 11.5 Å². The molecule has 8 heteroatoms. The third kappa shape index (κ3) is 8.65. The normalized spacial score (nSPS) is 12.5. The number of fused-ring (bicyclic) bond motifs is 4. The molecule has 0 atom stereocenters. The molecule has 354 valence electrons. The SMILES string of the molecule is CB1c2c(n(-c3[c-]c(Oc4[c-]c5c(cc4)c4ccccc4n5-c4cc(C(C)(C)C)ccn4)ccc3)[c-][n+]2-c2c(-c3ccccc3)cccc2-c2ccccc2)C=CN1c1c(C(C)C)cccc1C(C)C.[Pt]. The van der Waals surface area contributed by atoms with Gasteiger partial charge < -0.3 is 18.7 Å². The number of para-hydroxylation sites is 3. The fraction of sp³-hybridized carbons (Fsp3) is 0.175. The Labute approximate surface area is 433 Å². The Bertz CT molecular complexity index is 3520. The van der Waals surface area contributed by atoms with Gasteiger partial charge in [-0.15, -0.1) is 29.7 Å². The van der Waals surface area contributed by atoms with Gasteiger partial charge >= 0.3 is 0 Å². The first-order valence-electron chi connectivity index (χ1n) is 24.5. The Morgan fingerprint density at radius 1 is 0.648 bits per heavy atom. The van der Waals surface area contributed by atoms with E-state index in [9.17, 15) is 0 Å². The number of nitrogens with zero attached hydrogens (tertiary/aromatic N) is 5. The maximum absolute atomic E-state index is 6.76. The van der Waals surface area contributed by atoms with E-state index >= 15 is 0 Å². The van der Waals surface area contributed by atoms with Crippen molar-refractivity contribution in [3.8, 4) is 50.9 Å². The molecular weight excluding hydrogens is 1050 g/mol. The van der Waals surface area contributed by atoms with Gasteiger partial charge in [-0.3, -0.25) is 4.57 Å². The summed E-state index contributed by atoms with van der Waals surface area (Å²) in [5.41, 5.74) is 15.6. The second kappa shape index (κ2) is 19.2. The van der Waals surface area contributed by atoms with Crippen LogP contribution in [-0.2, 0) is 26.5 Å². The summed E-state index contributed by atoms with van der Waals surface area (Å²) < 4.78 is 13.4. The van der Waals surface area contributed by atoms with E-state index in [0.717, 1.165) is 72.5 Å². The van der Waals surface area contributed by atoms with Crippen molar-refractivity contribution in [2.45, 2.75) is 72.5 Å². The Balaban J connectivity index is 0.00000582. The molecule has 11 rings (SSSR count). The van der Waals surface area contributed by atoms with E-state index in [2.05, 4.69) is 250 Å². The first-order chi connectivity index (χ1) is 33.9. The minimum Gasteiger partial charge on any atom is -0.510 e. The maximum atomic E-state index is 6.76. The van der Waals surface area contributed by atoms with Crippen LogP contribution in [0.3, 0.4) is 0 Å². The molecule has 0 radical (unpaired) electrons. The number of hydrogen-bond donors (Lipinski definition) is 0. The van der Waals surface area contributed by atoms with Crippen LogP contribution in [0.15, 0.2) is 176 Å². The number of hydrogen-bond acceptors (Lipinski definition) is 3. The molecule has 0 saturated heterocycles. The molecule has 4 heterocycles. The third-order valence-electron chi connectivity index (χ3n) is 13.8. The molecule has 0 saturated carbocycles. The molecule has 0 fully saturated rings. The maximum Gasteiger partial charge on any atom is 0.288 e. The van der Waals surface area contributed by atoms with Crippen molar-refractivity contribution in [3.63, 3.8) is 0 Å². The van der Waals surface area contributed by atoms with E-state index in [0.29, 0.717) is 23.3 Å². The average molecular weight is 1110 g/mol. The predicted molar refractivity (Wildman–Crippen MR) is 289 cm³/mol. The number of benzene rings is 7. The summed E-state index contributed by atoms with van der Waals surface area (Å²) in [6, 6.07) is 65.2. The van der Waals surface area contributed by atoms with Gasteiger partial charge in [0, 0.05) is 50.0 Å². The summed E-state index contributed by atoms with van der Waals surface area (Å²) in [6.45, 7) is 18.1. The van der Waals surface area contributed by atoms with Gasteiger partial charge in [0.05, 0.1) is 17.0 Å². The largest absolute Gasteiger partial charge is 0.510 e. The summed E-state index contributed by atoms with van der Waals surface area (Å²) in [7, 11) is 0. The zero-order chi connectivity index (χ0) is 48.3. The minimum atomic E-state index is -0.0894. The molecule has 0 N–H and O–H groups in total. The molecule has 0 bridgehead atoms. The molecule has 0 aliphatic carbocycles. The number of rotatable bonds is 10. The molecule has 71 heavy (non-hydrogen) atoms. The topological polar surface area (TPSA) is 39.1 Å². The van der Waals surface area contributed by atoms with Crippen LogP contribution in [-0.4, -0.2) is 21.0 Å². The molecule has 1 aliphatic heterocycles. The molecule has 0 spiro atoms. The molecule has 7 aromatic carbocycles. The number of imidazole rings is 1. The van der Waals surface area contributed by atoms with Crippen molar-refractivity contribution in [2.75, 3.05) is 4.81 Å². The second-order valence-electron chi connectivity index (χ2n) is 20.1. The fourth-order valence-corrected chi connectivity index (χ4v) is 10.3. The van der Waals surface area contributed by atoms with Crippen molar-refractivity contribution in [2.24, 2.45) is 0 Å². The third-order valence-corrected chi connectivity index (χ3v) is 13.8. The van der Waals surface area contributed by atoms with Crippen LogP contribution < -0.4 is 19.7 Å². The standard InChI is InChI=1S/C63H56BN5O.Pt/c1-42(2)50-27-18-28-51(43(3)4)61(50)68-37-35-57-62(64(68)8)67(60-52(44-20-11-9-12-21-44)29-19-30-53(60)45-22-13-10-14-23-45)41-66(57)47-24-17-25-48(39-47)70-49-32-33-55-54-26-15-16-31-56(54)69(58(55)40-49)59-38-46(34-36-65-59)63(5,6)7;/h9-38,42-43H,1-8H3;/q-2;. The summed E-state index contributed by atoms with van der Waals surface area (Å²) >= 11 is 0. The van der Waals surface area contributed by atoms with Gasteiger partial charge in [-0.05, 0) is 97.7 Å². The zero-order valence-electron chi connectivity index (χ0n) is 41.5. The summed E-state index contributed by atoms with van der Waals surface area (Å²) in [5, 5.41) is 2.22. The van der Waals surface area contributed by atoms with Gasteiger partial charge in [-0.1, -0.05) is 176 Å². The van der Waals surface area contributed by atoms with Crippen molar-refractivity contribution >= 4 is 46.0 Å². The molecule has 1 aliphatic rings. The van der Waals surface area contributed by atoms with Crippen molar-refractivity contribution in [3.05, 3.63) is 217 Å². The van der Waals surface area contributed by atoms with Crippen molar-refractivity contribution in [1.29, 1.82) is 0 Å². The van der Waals surface area contributed by atoms with E-state index in [-0.39, 0.29) is 33.3 Å². The van der Waals surface area contributed by atoms with E-state index in [1.165, 1.54) is 22.4 Å². The van der Waals surface area contributed by atoms with Crippen LogP contribution >= 0.6 is 0 Å². The van der Waals surface area contributed by atoms with Crippen LogP contribution in [0.25, 0.3) is 67.3 Å². The van der Waals surface area contributed by atoms with Gasteiger partial charge in [-0.2, -0.15) is 18.2 Å². The van der Waals surface area contributed by atoms with Gasteiger partial charge in [0.1, 0.15) is 5.82 Å².